The summed E-state index contributed by atoms with van der Waals surface area (Å²) < 4.78 is 6.74. The van der Waals surface area contributed by atoms with Gasteiger partial charge >= 0.3 is 0 Å². The Bertz CT molecular complexity index is 195. The van der Waals surface area contributed by atoms with Crippen LogP contribution < -0.4 is 0 Å². The maximum atomic E-state index is 7.13. The van der Waals surface area contributed by atoms with Gasteiger partial charge in [0.25, 0.3) is 0 Å². The van der Waals surface area contributed by atoms with Crippen molar-refractivity contribution in [3.63, 3.8) is 0 Å². The van der Waals surface area contributed by atoms with Gasteiger partial charge in [0, 0.05) is 19.4 Å². The molecule has 0 N–H and O–H groups in total. The number of rotatable bonds is 4. The molecule has 0 amide bonds. The number of quaternary nitrogens is 1. The van der Waals surface area contributed by atoms with Gasteiger partial charge in [-0.05, 0) is 20.8 Å². The normalized spacial score (nSPS) is 18.1. The minimum absolute atomic E-state index is 0.721. The molecule has 3 nitrogen and oxygen atoms in total. The van der Waals surface area contributed by atoms with E-state index in [2.05, 4.69) is 33.4 Å². The third kappa shape index (κ3) is 4.78. The highest BCUT2D eigenvalue weighted by atomic mass is 32.1. The van der Waals surface area contributed by atoms with E-state index in [-0.39, 0.29) is 0 Å². The highest BCUT2D eigenvalue weighted by Gasteiger charge is 2.34. The molecule has 0 aromatic carbocycles. The van der Waals surface area contributed by atoms with Crippen molar-refractivity contribution in [1.29, 1.82) is 5.26 Å². The van der Waals surface area contributed by atoms with Crippen LogP contribution in [0.4, 0.5) is 0 Å². The fourth-order valence-corrected chi connectivity index (χ4v) is 2.03. The van der Waals surface area contributed by atoms with E-state index < -0.39 is 0 Å². The molecule has 88 valence electrons. The fourth-order valence-electron chi connectivity index (χ4n) is 2.03. The van der Waals surface area contributed by atoms with E-state index in [4.69, 9.17) is 10.00 Å². The summed E-state index contributed by atoms with van der Waals surface area (Å²) in [6.45, 7) is 11.1. The van der Waals surface area contributed by atoms with Gasteiger partial charge in [0.15, 0.2) is 6.73 Å². The molecule has 1 aliphatic rings. The second-order valence-corrected chi connectivity index (χ2v) is 4.36. The van der Waals surface area contributed by atoms with Gasteiger partial charge in [0.1, 0.15) is 0 Å². The summed E-state index contributed by atoms with van der Waals surface area (Å²) in [5, 5.41) is 8.47. The van der Waals surface area contributed by atoms with Crippen molar-refractivity contribution >= 4 is 12.6 Å². The Morgan fingerprint density at radius 3 is 2.20 bits per heavy atom. The fraction of sp³-hybridized carbons (Fsp3) is 0.909. The van der Waals surface area contributed by atoms with Crippen LogP contribution in [0.5, 0.6) is 0 Å². The van der Waals surface area contributed by atoms with E-state index in [9.17, 15) is 0 Å². The van der Waals surface area contributed by atoms with Crippen LogP contribution >= 0.6 is 0 Å². The number of hydrogen-bond acceptors (Lipinski definition) is 3. The molecule has 0 aromatic heterocycles. The summed E-state index contributed by atoms with van der Waals surface area (Å²) in [5.41, 5.74) is 0. The third-order valence-corrected chi connectivity index (χ3v) is 3.10. The molecule has 4 heteroatoms. The van der Waals surface area contributed by atoms with Crippen LogP contribution in [0.25, 0.3) is 0 Å². The number of ether oxygens (including phenoxy) is 1. The molecule has 1 fully saturated rings. The number of hydrogen-bond donors (Lipinski definition) is 0. The lowest BCUT2D eigenvalue weighted by atomic mass is 10.3. The summed E-state index contributed by atoms with van der Waals surface area (Å²) in [7, 11) is 0. The van der Waals surface area contributed by atoms with Crippen molar-refractivity contribution in [3.8, 4) is 5.40 Å². The first-order valence-corrected chi connectivity index (χ1v) is 5.98. The maximum Gasteiger partial charge on any atom is 0.183 e. The number of nitriles is 1. The minimum atomic E-state index is 0.721. The lowest BCUT2D eigenvalue weighted by Gasteiger charge is -2.37. The topological polar surface area (TPSA) is 33.0 Å². The minimum Gasteiger partial charge on any atom is -0.696 e. The Morgan fingerprint density at radius 1 is 1.40 bits per heavy atom. The van der Waals surface area contributed by atoms with Gasteiger partial charge in [-0.3, -0.25) is 4.48 Å². The quantitative estimate of drug-likeness (QED) is 0.421. The monoisotopic (exact) mass is 230 g/mol. The van der Waals surface area contributed by atoms with Crippen LogP contribution in [0.2, 0.25) is 0 Å². The molecule has 1 aliphatic heterocycles. The van der Waals surface area contributed by atoms with Crippen LogP contribution in [0, 0.1) is 10.7 Å². The predicted molar refractivity (Wildman–Crippen MR) is 63.8 cm³/mol. The lowest BCUT2D eigenvalue weighted by molar-refractivity contribution is -0.954. The number of thiocyanates is 1. The molecular weight excluding hydrogens is 208 g/mol. The molecule has 0 aromatic rings. The Morgan fingerprint density at radius 2 is 1.87 bits per heavy atom. The second-order valence-electron chi connectivity index (χ2n) is 4.18. The van der Waals surface area contributed by atoms with Crippen LogP contribution in [-0.4, -0.2) is 37.0 Å². The van der Waals surface area contributed by atoms with E-state index in [1.807, 2.05) is 0 Å². The summed E-state index contributed by atoms with van der Waals surface area (Å²) in [6.07, 6.45) is 2.76. The van der Waals surface area contributed by atoms with Gasteiger partial charge in [-0.1, -0.05) is 5.40 Å². The zero-order chi connectivity index (χ0) is 11.7. The van der Waals surface area contributed by atoms with E-state index in [1.165, 1.54) is 35.8 Å². The Hall–Kier alpha value is -0.370. The standard InChI is InChI=1S/C10H22NO.CHNS/c1-4-12-9-11(10(2)3)7-5-6-8-11;2-1-3/h10H,4-9H2,1-3H3;3H/q+1;/p-1. The van der Waals surface area contributed by atoms with Gasteiger partial charge in [-0.25, -0.2) is 5.26 Å². The van der Waals surface area contributed by atoms with E-state index in [1.54, 1.807) is 0 Å². The van der Waals surface area contributed by atoms with Crippen LogP contribution in [-0.2, 0) is 17.4 Å². The summed E-state index contributed by atoms with van der Waals surface area (Å²) in [5.74, 6) is 0. The first-order chi connectivity index (χ1) is 7.13. The highest BCUT2D eigenvalue weighted by Crippen LogP contribution is 2.23. The van der Waals surface area contributed by atoms with Gasteiger partial charge in [0.05, 0.1) is 19.1 Å². The zero-order valence-electron chi connectivity index (χ0n) is 10.0. The molecule has 15 heavy (non-hydrogen) atoms. The molecule has 0 bridgehead atoms. The van der Waals surface area contributed by atoms with Crippen molar-refractivity contribution in [3.05, 3.63) is 0 Å². The van der Waals surface area contributed by atoms with E-state index in [0.717, 1.165) is 19.4 Å². The Balaban J connectivity index is 0.000000583. The van der Waals surface area contributed by atoms with Crippen molar-refractivity contribution in [2.45, 2.75) is 39.7 Å². The van der Waals surface area contributed by atoms with Crippen LogP contribution in [0.1, 0.15) is 33.6 Å². The molecule has 0 unspecified atom stereocenters. The van der Waals surface area contributed by atoms with Crippen molar-refractivity contribution in [1.82, 2.24) is 0 Å². The first kappa shape index (κ1) is 14.6. The van der Waals surface area contributed by atoms with Gasteiger partial charge in [0.2, 0.25) is 0 Å². The SMILES string of the molecule is CCOC[N+]1(C(C)C)CCCC1.N#C[S-]. The van der Waals surface area contributed by atoms with Gasteiger partial charge in [-0.2, -0.15) is 0 Å². The van der Waals surface area contributed by atoms with Gasteiger partial charge in [-0.15, -0.1) is 0 Å². The summed E-state index contributed by atoms with van der Waals surface area (Å²) in [6, 6.07) is 0.721. The molecule has 1 saturated heterocycles. The molecule has 0 saturated carbocycles. The van der Waals surface area contributed by atoms with E-state index in [0.29, 0.717) is 0 Å². The third-order valence-electron chi connectivity index (χ3n) is 3.10. The molecule has 0 aliphatic carbocycles. The molecular formula is C11H22N2OS. The first-order valence-electron chi connectivity index (χ1n) is 5.57. The highest BCUT2D eigenvalue weighted by molar-refractivity contribution is 7.64. The average molecular weight is 230 g/mol. The zero-order valence-corrected chi connectivity index (χ0v) is 10.8. The van der Waals surface area contributed by atoms with Crippen molar-refractivity contribution in [2.24, 2.45) is 0 Å². The predicted octanol–water partition coefficient (Wildman–Crippen LogP) is 2.01. The van der Waals surface area contributed by atoms with Crippen molar-refractivity contribution in [2.75, 3.05) is 26.4 Å². The molecule has 1 heterocycles. The molecule has 0 atom stereocenters. The lowest BCUT2D eigenvalue weighted by Crippen LogP contribution is -2.52. The maximum absolute atomic E-state index is 7.13. The second kappa shape index (κ2) is 7.86. The summed E-state index contributed by atoms with van der Waals surface area (Å²) in [4.78, 5) is 0. The summed E-state index contributed by atoms with van der Waals surface area (Å²) >= 11 is 3.70. The van der Waals surface area contributed by atoms with Crippen molar-refractivity contribution < 1.29 is 9.22 Å². The van der Waals surface area contributed by atoms with Crippen LogP contribution in [0.3, 0.4) is 0 Å². The Kier molecular flexibility index (Phi) is 7.67. The largest absolute Gasteiger partial charge is 0.696 e. The number of likely N-dealkylation sites (tertiary alicyclic amines) is 1. The van der Waals surface area contributed by atoms with E-state index >= 15 is 0 Å². The average Bonchev–Trinajstić information content (AvgIpc) is 2.65. The van der Waals surface area contributed by atoms with Crippen LogP contribution in [0.15, 0.2) is 0 Å². The Labute approximate surface area is 99.0 Å². The molecule has 1 rings (SSSR count). The van der Waals surface area contributed by atoms with Gasteiger partial charge < -0.3 is 17.4 Å². The molecule has 0 spiro atoms. The smallest absolute Gasteiger partial charge is 0.183 e. The number of nitrogens with zero attached hydrogens (tertiary/aromatic N) is 2. The molecule has 0 radical (unpaired) electrons.